The maximum atomic E-state index is 12.9. The highest BCUT2D eigenvalue weighted by atomic mass is 19.1. The molecule has 2 rings (SSSR count). The zero-order chi connectivity index (χ0) is 15.6. The minimum atomic E-state index is -0.314. The van der Waals surface area contributed by atoms with Gasteiger partial charge in [0.05, 0.1) is 6.04 Å². The van der Waals surface area contributed by atoms with E-state index in [0.29, 0.717) is 11.3 Å². The summed E-state index contributed by atoms with van der Waals surface area (Å²) in [7, 11) is 1.71. The van der Waals surface area contributed by atoms with Crippen LogP contribution >= 0.6 is 0 Å². The number of amides is 1. The molecule has 2 aromatic rings. The Morgan fingerprint density at radius 3 is 2.38 bits per heavy atom. The fourth-order valence-electron chi connectivity index (χ4n) is 2.09. The number of hydrogen-bond donors (Lipinski definition) is 1. The molecule has 1 aromatic carbocycles. The second-order valence-electron chi connectivity index (χ2n) is 5.03. The van der Waals surface area contributed by atoms with Crippen LogP contribution in [0.1, 0.15) is 46.3 Å². The Kier molecular flexibility index (Phi) is 4.21. The maximum Gasteiger partial charge on any atom is 0.268 e. The van der Waals surface area contributed by atoms with Crippen molar-refractivity contribution in [3.63, 3.8) is 0 Å². The predicted molar refractivity (Wildman–Crippen MR) is 77.7 cm³/mol. The van der Waals surface area contributed by atoms with Crippen LogP contribution in [0.15, 0.2) is 36.5 Å². The van der Waals surface area contributed by atoms with Crippen molar-refractivity contribution in [3.05, 3.63) is 59.2 Å². The van der Waals surface area contributed by atoms with Crippen LogP contribution in [0.5, 0.6) is 0 Å². The zero-order valence-electron chi connectivity index (χ0n) is 12.2. The second kappa shape index (κ2) is 5.91. The van der Waals surface area contributed by atoms with E-state index in [0.717, 1.165) is 5.56 Å². The van der Waals surface area contributed by atoms with E-state index in [-0.39, 0.29) is 23.5 Å². The number of aryl methyl sites for hydroxylation is 1. The fourth-order valence-corrected chi connectivity index (χ4v) is 2.09. The molecule has 0 aliphatic heterocycles. The summed E-state index contributed by atoms with van der Waals surface area (Å²) in [5, 5.41) is 2.83. The molecule has 1 atom stereocenters. The lowest BCUT2D eigenvalue weighted by Gasteiger charge is -2.14. The van der Waals surface area contributed by atoms with E-state index in [1.54, 1.807) is 36.0 Å². The summed E-state index contributed by atoms with van der Waals surface area (Å²) in [5.74, 6) is -0.677. The summed E-state index contributed by atoms with van der Waals surface area (Å²) in [6.07, 6.45) is 1.62. The predicted octanol–water partition coefficient (Wildman–Crippen LogP) is 2.86. The first-order valence-corrected chi connectivity index (χ1v) is 6.62. The molecule has 1 aromatic heterocycles. The highest BCUT2D eigenvalue weighted by Crippen LogP contribution is 2.15. The first-order valence-electron chi connectivity index (χ1n) is 6.62. The third kappa shape index (κ3) is 3.37. The molecular weight excluding hydrogens is 271 g/mol. The summed E-state index contributed by atoms with van der Waals surface area (Å²) in [6, 6.07) is 7.28. The van der Waals surface area contributed by atoms with E-state index < -0.39 is 0 Å². The molecule has 0 fully saturated rings. The number of carbonyl (C=O) groups excluding carboxylic acids is 2. The number of rotatable bonds is 4. The summed E-state index contributed by atoms with van der Waals surface area (Å²) in [6.45, 7) is 3.28. The molecule has 1 heterocycles. The Hall–Kier alpha value is -2.43. The molecule has 0 spiro atoms. The highest BCUT2D eigenvalue weighted by molar-refractivity contribution is 5.99. The van der Waals surface area contributed by atoms with E-state index in [1.165, 1.54) is 19.1 Å². The second-order valence-corrected chi connectivity index (χ2v) is 5.03. The summed E-state index contributed by atoms with van der Waals surface area (Å²) in [4.78, 5) is 23.6. The normalized spacial score (nSPS) is 12.0. The van der Waals surface area contributed by atoms with Crippen LogP contribution in [0.25, 0.3) is 0 Å². The molecule has 1 N–H and O–H groups in total. The number of ketones is 1. The van der Waals surface area contributed by atoms with Crippen LogP contribution in [0, 0.1) is 5.82 Å². The Morgan fingerprint density at radius 1 is 1.24 bits per heavy atom. The standard InChI is InChI=1S/C16H17FN2O2/c1-10(12-4-6-14(17)7-5-12)18-16(21)15-8-13(11(2)20)9-19(15)3/h4-10H,1-3H3,(H,18,21)/t10-/m0/s1. The van der Waals surface area contributed by atoms with Gasteiger partial charge < -0.3 is 9.88 Å². The molecule has 1 amide bonds. The van der Waals surface area contributed by atoms with Crippen molar-refractivity contribution >= 4 is 11.7 Å². The van der Waals surface area contributed by atoms with Crippen molar-refractivity contribution in [2.45, 2.75) is 19.9 Å². The number of halogens is 1. The molecule has 0 saturated carbocycles. The van der Waals surface area contributed by atoms with Crippen molar-refractivity contribution in [2.75, 3.05) is 0 Å². The van der Waals surface area contributed by atoms with Gasteiger partial charge in [0.1, 0.15) is 11.5 Å². The number of nitrogens with zero attached hydrogens (tertiary/aromatic N) is 1. The lowest BCUT2D eigenvalue weighted by molar-refractivity contribution is 0.0931. The Balaban J connectivity index is 2.14. The molecule has 0 saturated heterocycles. The highest BCUT2D eigenvalue weighted by Gasteiger charge is 2.16. The van der Waals surface area contributed by atoms with Gasteiger partial charge in [-0.05, 0) is 37.6 Å². The molecule has 0 unspecified atom stereocenters. The molecule has 0 aliphatic rings. The molecular formula is C16H17FN2O2. The number of Topliss-reactive ketones (excluding diaryl/α,β-unsaturated/α-hetero) is 1. The van der Waals surface area contributed by atoms with Gasteiger partial charge in [0.2, 0.25) is 0 Å². The average molecular weight is 288 g/mol. The van der Waals surface area contributed by atoms with Gasteiger partial charge in [0, 0.05) is 18.8 Å². The summed E-state index contributed by atoms with van der Waals surface area (Å²) in [5.41, 5.74) is 1.72. The molecule has 0 bridgehead atoms. The number of nitrogens with one attached hydrogen (secondary N) is 1. The smallest absolute Gasteiger partial charge is 0.268 e. The minimum absolute atomic E-state index is 0.0868. The van der Waals surface area contributed by atoms with Gasteiger partial charge in [0.25, 0.3) is 5.91 Å². The lowest BCUT2D eigenvalue weighted by Crippen LogP contribution is -2.28. The van der Waals surface area contributed by atoms with E-state index in [1.807, 2.05) is 6.92 Å². The van der Waals surface area contributed by atoms with Crippen LogP contribution in [0.3, 0.4) is 0 Å². The van der Waals surface area contributed by atoms with Crippen LogP contribution in [0.2, 0.25) is 0 Å². The van der Waals surface area contributed by atoms with Gasteiger partial charge in [0.15, 0.2) is 5.78 Å². The molecule has 110 valence electrons. The molecule has 5 heteroatoms. The first-order chi connectivity index (χ1) is 9.88. The maximum absolute atomic E-state index is 12.9. The van der Waals surface area contributed by atoms with Crippen molar-refractivity contribution < 1.29 is 14.0 Å². The van der Waals surface area contributed by atoms with Crippen molar-refractivity contribution in [3.8, 4) is 0 Å². The van der Waals surface area contributed by atoms with Gasteiger partial charge in [-0.3, -0.25) is 9.59 Å². The van der Waals surface area contributed by atoms with Gasteiger partial charge in [-0.2, -0.15) is 0 Å². The lowest BCUT2D eigenvalue weighted by atomic mass is 10.1. The monoisotopic (exact) mass is 288 g/mol. The van der Waals surface area contributed by atoms with Crippen LogP contribution in [-0.4, -0.2) is 16.3 Å². The average Bonchev–Trinajstić information content (AvgIpc) is 2.81. The van der Waals surface area contributed by atoms with Crippen LogP contribution < -0.4 is 5.32 Å². The first kappa shape index (κ1) is 15.0. The zero-order valence-corrected chi connectivity index (χ0v) is 12.2. The van der Waals surface area contributed by atoms with E-state index in [4.69, 9.17) is 0 Å². The molecule has 21 heavy (non-hydrogen) atoms. The fraction of sp³-hybridized carbons (Fsp3) is 0.250. The molecule has 0 radical (unpaired) electrons. The van der Waals surface area contributed by atoms with E-state index >= 15 is 0 Å². The summed E-state index contributed by atoms with van der Waals surface area (Å²) >= 11 is 0. The topological polar surface area (TPSA) is 51.1 Å². The van der Waals surface area contributed by atoms with Crippen molar-refractivity contribution in [1.29, 1.82) is 0 Å². The Bertz CT molecular complexity index is 674. The summed E-state index contributed by atoms with van der Waals surface area (Å²) < 4.78 is 14.5. The number of aromatic nitrogens is 1. The van der Waals surface area contributed by atoms with Gasteiger partial charge in [-0.1, -0.05) is 12.1 Å². The third-order valence-electron chi connectivity index (χ3n) is 3.36. The third-order valence-corrected chi connectivity index (χ3v) is 3.36. The number of hydrogen-bond acceptors (Lipinski definition) is 2. The van der Waals surface area contributed by atoms with Crippen LogP contribution in [-0.2, 0) is 7.05 Å². The molecule has 4 nitrogen and oxygen atoms in total. The quantitative estimate of drug-likeness (QED) is 0.879. The van der Waals surface area contributed by atoms with Gasteiger partial charge in [-0.25, -0.2) is 4.39 Å². The van der Waals surface area contributed by atoms with Gasteiger partial charge >= 0.3 is 0 Å². The van der Waals surface area contributed by atoms with E-state index in [9.17, 15) is 14.0 Å². The number of carbonyl (C=O) groups is 2. The minimum Gasteiger partial charge on any atom is -0.346 e. The van der Waals surface area contributed by atoms with E-state index in [2.05, 4.69) is 5.32 Å². The SMILES string of the molecule is CC(=O)c1cc(C(=O)N[C@@H](C)c2ccc(F)cc2)n(C)c1. The Labute approximate surface area is 122 Å². The van der Waals surface area contributed by atoms with Crippen molar-refractivity contribution in [2.24, 2.45) is 7.05 Å². The molecule has 0 aliphatic carbocycles. The number of benzene rings is 1. The largest absolute Gasteiger partial charge is 0.346 e. The van der Waals surface area contributed by atoms with Gasteiger partial charge in [-0.15, -0.1) is 0 Å². The van der Waals surface area contributed by atoms with Crippen LogP contribution in [0.4, 0.5) is 4.39 Å². The van der Waals surface area contributed by atoms with Crippen molar-refractivity contribution in [1.82, 2.24) is 9.88 Å². The Morgan fingerprint density at radius 2 is 1.86 bits per heavy atom.